The predicted octanol–water partition coefficient (Wildman–Crippen LogP) is 5.08. The van der Waals surface area contributed by atoms with Gasteiger partial charge in [0.15, 0.2) is 0 Å². The molecule has 2 heterocycles. The van der Waals surface area contributed by atoms with E-state index in [1.54, 1.807) is 24.5 Å². The van der Waals surface area contributed by atoms with Crippen molar-refractivity contribution in [3.8, 4) is 11.3 Å². The van der Waals surface area contributed by atoms with Crippen molar-refractivity contribution in [2.45, 2.75) is 46.7 Å². The average molecular weight is 515 g/mol. The summed E-state index contributed by atoms with van der Waals surface area (Å²) in [4.78, 5) is 36.3. The van der Waals surface area contributed by atoms with Gasteiger partial charge in [-0.3, -0.25) is 19.5 Å². The molecule has 38 heavy (non-hydrogen) atoms. The van der Waals surface area contributed by atoms with Gasteiger partial charge in [0.05, 0.1) is 11.3 Å². The molecule has 1 aromatic carbocycles. The highest BCUT2D eigenvalue weighted by molar-refractivity contribution is 6.02. The van der Waals surface area contributed by atoms with Gasteiger partial charge in [0.25, 0.3) is 5.91 Å². The molecule has 3 N–H and O–H groups in total. The molecule has 2 amide bonds. The van der Waals surface area contributed by atoms with Crippen molar-refractivity contribution in [1.82, 2.24) is 20.2 Å². The molecule has 0 aliphatic carbocycles. The Balaban J connectivity index is 1.65. The van der Waals surface area contributed by atoms with Crippen LogP contribution in [-0.4, -0.2) is 58.4 Å². The van der Waals surface area contributed by atoms with Gasteiger partial charge < -0.3 is 16.0 Å². The number of pyridine rings is 2. The molecule has 0 spiro atoms. The summed E-state index contributed by atoms with van der Waals surface area (Å²) in [5.74, 6) is 0.171. The third kappa shape index (κ3) is 8.24. The van der Waals surface area contributed by atoms with E-state index in [1.165, 1.54) is 6.08 Å². The molecule has 0 fully saturated rings. The largest absolute Gasteiger partial charge is 0.370 e. The molecule has 8 nitrogen and oxygen atoms in total. The first kappa shape index (κ1) is 28.5. The molecular weight excluding hydrogens is 476 g/mol. The summed E-state index contributed by atoms with van der Waals surface area (Å²) in [6.07, 6.45) is 6.56. The number of nitrogens with zero attached hydrogens (tertiary/aromatic N) is 3. The fraction of sp³-hybridized carbons (Fsp3) is 0.333. The highest BCUT2D eigenvalue weighted by atomic mass is 16.2. The van der Waals surface area contributed by atoms with Crippen molar-refractivity contribution in [3.63, 3.8) is 0 Å². The van der Waals surface area contributed by atoms with E-state index in [0.717, 1.165) is 23.4 Å². The standard InChI is InChI=1S/C30H38N6O2/c1-6-32-29-26(30(38)33-18-19-36(21(2)3)22(4)5)14-15-27(35-29)24-10-12-25(13-11-24)34-28(37)16-9-23-8-7-17-31-20-23/h7-17,20-22H,6,18-19H2,1-5H3,(H,32,35)(H,33,38)(H,34,37). The van der Waals surface area contributed by atoms with E-state index < -0.39 is 0 Å². The topological polar surface area (TPSA) is 99.2 Å². The Morgan fingerprint density at radius 3 is 2.37 bits per heavy atom. The lowest BCUT2D eigenvalue weighted by molar-refractivity contribution is -0.111. The number of nitrogens with one attached hydrogen (secondary N) is 3. The molecule has 0 aliphatic rings. The van der Waals surface area contributed by atoms with Gasteiger partial charge in [-0.25, -0.2) is 4.98 Å². The van der Waals surface area contributed by atoms with Crippen LogP contribution in [-0.2, 0) is 4.79 Å². The third-order valence-corrected chi connectivity index (χ3v) is 6.03. The highest BCUT2D eigenvalue weighted by Gasteiger charge is 2.16. The predicted molar refractivity (Wildman–Crippen MR) is 155 cm³/mol. The summed E-state index contributed by atoms with van der Waals surface area (Å²) < 4.78 is 0. The van der Waals surface area contributed by atoms with E-state index in [4.69, 9.17) is 4.98 Å². The lowest BCUT2D eigenvalue weighted by atomic mass is 10.1. The van der Waals surface area contributed by atoms with Crippen LogP contribution in [0.25, 0.3) is 17.3 Å². The zero-order chi connectivity index (χ0) is 27.5. The molecular formula is C30H38N6O2. The van der Waals surface area contributed by atoms with E-state index in [2.05, 4.69) is 53.5 Å². The zero-order valence-electron chi connectivity index (χ0n) is 22.9. The Bertz CT molecular complexity index is 1220. The number of hydrogen-bond acceptors (Lipinski definition) is 6. The smallest absolute Gasteiger partial charge is 0.255 e. The minimum atomic E-state index is -0.227. The van der Waals surface area contributed by atoms with E-state index in [1.807, 2.05) is 49.4 Å². The minimum absolute atomic E-state index is 0.148. The van der Waals surface area contributed by atoms with Crippen molar-refractivity contribution >= 4 is 29.4 Å². The van der Waals surface area contributed by atoms with E-state index >= 15 is 0 Å². The van der Waals surface area contributed by atoms with Gasteiger partial charge in [-0.2, -0.15) is 0 Å². The number of amides is 2. The van der Waals surface area contributed by atoms with Crippen LogP contribution in [0.5, 0.6) is 0 Å². The van der Waals surface area contributed by atoms with Crippen LogP contribution >= 0.6 is 0 Å². The first-order valence-electron chi connectivity index (χ1n) is 13.1. The van der Waals surface area contributed by atoms with Crippen LogP contribution in [0.15, 0.2) is 67.0 Å². The van der Waals surface area contributed by atoms with Crippen molar-refractivity contribution in [3.05, 3.63) is 78.1 Å². The molecule has 2 aromatic heterocycles. The summed E-state index contributed by atoms with van der Waals surface area (Å²) >= 11 is 0. The second kappa shape index (κ2) is 14.0. The summed E-state index contributed by atoms with van der Waals surface area (Å²) in [6, 6.07) is 15.6. The van der Waals surface area contributed by atoms with E-state index in [0.29, 0.717) is 42.2 Å². The lowest BCUT2D eigenvalue weighted by Crippen LogP contribution is -2.42. The quantitative estimate of drug-likeness (QED) is 0.292. The van der Waals surface area contributed by atoms with Gasteiger partial charge in [0.2, 0.25) is 5.91 Å². The molecule has 200 valence electrons. The summed E-state index contributed by atoms with van der Waals surface area (Å²) in [5.41, 5.74) is 3.66. The first-order valence-corrected chi connectivity index (χ1v) is 13.1. The number of hydrogen-bond donors (Lipinski definition) is 3. The molecule has 0 saturated carbocycles. The molecule has 0 aliphatic heterocycles. The number of aromatic nitrogens is 2. The van der Waals surface area contributed by atoms with Crippen LogP contribution in [0.1, 0.15) is 50.5 Å². The number of rotatable bonds is 12. The number of benzene rings is 1. The van der Waals surface area contributed by atoms with Gasteiger partial charge in [0.1, 0.15) is 5.82 Å². The number of anilines is 2. The van der Waals surface area contributed by atoms with Gasteiger partial charge in [0, 0.05) is 61.4 Å². The first-order chi connectivity index (χ1) is 18.3. The van der Waals surface area contributed by atoms with Crippen LogP contribution in [0, 0.1) is 0 Å². The van der Waals surface area contributed by atoms with Crippen molar-refractivity contribution in [1.29, 1.82) is 0 Å². The molecule has 0 bridgehead atoms. The maximum Gasteiger partial charge on any atom is 0.255 e. The Morgan fingerprint density at radius 1 is 1.00 bits per heavy atom. The van der Waals surface area contributed by atoms with Crippen LogP contribution < -0.4 is 16.0 Å². The summed E-state index contributed by atoms with van der Waals surface area (Å²) in [7, 11) is 0. The summed E-state index contributed by atoms with van der Waals surface area (Å²) in [6.45, 7) is 12.6. The van der Waals surface area contributed by atoms with Gasteiger partial charge >= 0.3 is 0 Å². The Labute approximate surface area is 225 Å². The second-order valence-electron chi connectivity index (χ2n) is 9.49. The van der Waals surface area contributed by atoms with Gasteiger partial charge in [-0.05, 0) is 76.6 Å². The highest BCUT2D eigenvalue weighted by Crippen LogP contribution is 2.24. The fourth-order valence-electron chi connectivity index (χ4n) is 4.17. The van der Waals surface area contributed by atoms with E-state index in [9.17, 15) is 9.59 Å². The Hall–Kier alpha value is -4.04. The molecule has 0 radical (unpaired) electrons. The third-order valence-electron chi connectivity index (χ3n) is 6.03. The Morgan fingerprint density at radius 2 is 1.74 bits per heavy atom. The second-order valence-corrected chi connectivity index (χ2v) is 9.49. The fourth-order valence-corrected chi connectivity index (χ4v) is 4.17. The molecule has 8 heteroatoms. The van der Waals surface area contributed by atoms with Crippen molar-refractivity contribution in [2.75, 3.05) is 30.3 Å². The minimum Gasteiger partial charge on any atom is -0.370 e. The van der Waals surface area contributed by atoms with Crippen molar-refractivity contribution in [2.24, 2.45) is 0 Å². The molecule has 0 unspecified atom stereocenters. The number of carbonyl (C=O) groups excluding carboxylic acids is 2. The maximum atomic E-state index is 12.9. The number of carbonyl (C=O) groups is 2. The molecule has 0 atom stereocenters. The maximum absolute atomic E-state index is 12.9. The Kier molecular flexibility index (Phi) is 10.5. The SMILES string of the molecule is CCNc1nc(-c2ccc(NC(=O)C=Cc3cccnc3)cc2)ccc1C(=O)NCCN(C(C)C)C(C)C. The molecule has 3 aromatic rings. The summed E-state index contributed by atoms with van der Waals surface area (Å²) in [5, 5.41) is 9.10. The van der Waals surface area contributed by atoms with Gasteiger partial charge in [-0.1, -0.05) is 18.2 Å². The normalized spacial score (nSPS) is 11.4. The molecule has 0 saturated heterocycles. The monoisotopic (exact) mass is 514 g/mol. The van der Waals surface area contributed by atoms with Crippen molar-refractivity contribution < 1.29 is 9.59 Å². The molecule has 3 rings (SSSR count). The average Bonchev–Trinajstić information content (AvgIpc) is 2.90. The zero-order valence-corrected chi connectivity index (χ0v) is 22.9. The van der Waals surface area contributed by atoms with E-state index in [-0.39, 0.29) is 11.8 Å². The lowest BCUT2D eigenvalue weighted by Gasteiger charge is -2.30. The van der Waals surface area contributed by atoms with Gasteiger partial charge in [-0.15, -0.1) is 0 Å². The van der Waals surface area contributed by atoms with Crippen LogP contribution in [0.2, 0.25) is 0 Å². The van der Waals surface area contributed by atoms with Crippen LogP contribution in [0.3, 0.4) is 0 Å². The van der Waals surface area contributed by atoms with Crippen LogP contribution in [0.4, 0.5) is 11.5 Å².